The van der Waals surface area contributed by atoms with Crippen molar-refractivity contribution in [2.24, 2.45) is 0 Å². The molecule has 32 heavy (non-hydrogen) atoms. The van der Waals surface area contributed by atoms with E-state index in [9.17, 15) is 13.5 Å². The van der Waals surface area contributed by atoms with Crippen LogP contribution in [0.2, 0.25) is 5.02 Å². The highest BCUT2D eigenvalue weighted by Crippen LogP contribution is 2.31. The molecular formula is C21H23ClN6O3S. The Morgan fingerprint density at radius 3 is 2.88 bits per heavy atom. The van der Waals surface area contributed by atoms with Crippen LogP contribution >= 0.6 is 11.6 Å². The molecule has 1 aliphatic rings. The van der Waals surface area contributed by atoms with Crippen LogP contribution in [0.4, 0.5) is 0 Å². The third kappa shape index (κ3) is 3.77. The van der Waals surface area contributed by atoms with Gasteiger partial charge in [0.25, 0.3) is 0 Å². The molecule has 4 aromatic rings. The zero-order valence-electron chi connectivity index (χ0n) is 17.5. The largest absolute Gasteiger partial charge is 0.395 e. The van der Waals surface area contributed by atoms with Crippen LogP contribution in [0.5, 0.6) is 0 Å². The smallest absolute Gasteiger partial charge is 0.195 e. The van der Waals surface area contributed by atoms with Crippen molar-refractivity contribution in [2.45, 2.75) is 24.0 Å². The number of likely N-dealkylation sites (tertiary alicyclic amines) is 1. The van der Waals surface area contributed by atoms with Gasteiger partial charge in [0, 0.05) is 48.5 Å². The van der Waals surface area contributed by atoms with Crippen LogP contribution in [0.25, 0.3) is 21.9 Å². The summed E-state index contributed by atoms with van der Waals surface area (Å²) in [6.07, 6.45) is 5.27. The van der Waals surface area contributed by atoms with Crippen LogP contribution in [0.1, 0.15) is 18.3 Å². The van der Waals surface area contributed by atoms with E-state index >= 15 is 0 Å². The van der Waals surface area contributed by atoms with Gasteiger partial charge in [0.05, 0.1) is 35.9 Å². The van der Waals surface area contributed by atoms with Gasteiger partial charge >= 0.3 is 0 Å². The summed E-state index contributed by atoms with van der Waals surface area (Å²) in [4.78, 5) is 11.2. The highest BCUT2D eigenvalue weighted by atomic mass is 35.5. The molecule has 0 spiro atoms. The van der Waals surface area contributed by atoms with Gasteiger partial charge in [-0.05, 0) is 30.7 Å². The van der Waals surface area contributed by atoms with Gasteiger partial charge in [-0.3, -0.25) is 14.6 Å². The standard InChI is InChI=1S/C21H23ClN6O3S/c1-32(30,31)21-16-4-6-23-11-19(16)27(25-21)13-20-24-17-10-14(22)2-3-18(17)28(20)15-5-7-26(12-15)8-9-29/h2-4,6,10-11,15,29H,5,7-9,12-13H2,1H3. The monoisotopic (exact) mass is 474 g/mol. The van der Waals surface area contributed by atoms with Gasteiger partial charge in [-0.25, -0.2) is 13.4 Å². The average molecular weight is 475 g/mol. The Labute approximate surface area is 190 Å². The fraction of sp³-hybridized carbons (Fsp3) is 0.381. The molecule has 0 saturated carbocycles. The summed E-state index contributed by atoms with van der Waals surface area (Å²) in [5.74, 6) is 0.770. The van der Waals surface area contributed by atoms with E-state index in [4.69, 9.17) is 16.6 Å². The van der Waals surface area contributed by atoms with Crippen molar-refractivity contribution in [2.75, 3.05) is 32.5 Å². The van der Waals surface area contributed by atoms with E-state index in [1.54, 1.807) is 23.1 Å². The number of nitrogens with zero attached hydrogens (tertiary/aromatic N) is 6. The van der Waals surface area contributed by atoms with E-state index in [-0.39, 0.29) is 17.7 Å². The average Bonchev–Trinajstić information content (AvgIpc) is 3.43. The van der Waals surface area contributed by atoms with E-state index in [0.717, 1.165) is 42.6 Å². The number of fused-ring (bicyclic) bond motifs is 2. The molecule has 1 atom stereocenters. The van der Waals surface area contributed by atoms with E-state index < -0.39 is 9.84 Å². The molecular weight excluding hydrogens is 452 g/mol. The molecule has 3 aromatic heterocycles. The number of pyridine rings is 1. The predicted octanol–water partition coefficient (Wildman–Crippen LogP) is 2.13. The third-order valence-electron chi connectivity index (χ3n) is 5.92. The fourth-order valence-corrected chi connectivity index (χ4v) is 5.51. The summed E-state index contributed by atoms with van der Waals surface area (Å²) >= 11 is 6.22. The highest BCUT2D eigenvalue weighted by Gasteiger charge is 2.28. The van der Waals surface area contributed by atoms with Crippen molar-refractivity contribution in [1.29, 1.82) is 0 Å². The zero-order chi connectivity index (χ0) is 22.5. The number of rotatable bonds is 6. The Balaban J connectivity index is 1.63. The van der Waals surface area contributed by atoms with Gasteiger partial charge in [0.1, 0.15) is 5.82 Å². The topological polar surface area (TPSA) is 106 Å². The minimum atomic E-state index is -3.51. The van der Waals surface area contributed by atoms with E-state index in [1.165, 1.54) is 0 Å². The number of hydrogen-bond donors (Lipinski definition) is 1. The first-order valence-electron chi connectivity index (χ1n) is 10.4. The molecule has 4 heterocycles. The minimum Gasteiger partial charge on any atom is -0.395 e. The fourth-order valence-electron chi connectivity index (χ4n) is 4.53. The van der Waals surface area contributed by atoms with Crippen LogP contribution in [-0.2, 0) is 16.4 Å². The molecule has 5 rings (SSSR count). The molecule has 1 aliphatic heterocycles. The van der Waals surface area contributed by atoms with E-state index in [2.05, 4.69) is 19.5 Å². The molecule has 0 aliphatic carbocycles. The SMILES string of the molecule is CS(=O)(=O)c1nn(Cc2nc3cc(Cl)ccc3n2C2CCN(CCO)C2)c2cnccc12. The van der Waals surface area contributed by atoms with Gasteiger partial charge in [-0.1, -0.05) is 11.6 Å². The van der Waals surface area contributed by atoms with Gasteiger partial charge < -0.3 is 9.67 Å². The number of aliphatic hydroxyl groups excluding tert-OH is 1. The summed E-state index contributed by atoms with van der Waals surface area (Å²) in [6, 6.07) is 7.50. The molecule has 1 unspecified atom stereocenters. The molecule has 0 radical (unpaired) electrons. The number of benzene rings is 1. The van der Waals surface area contributed by atoms with Crippen LogP contribution in [0.15, 0.2) is 41.7 Å². The molecule has 1 fully saturated rings. The number of aliphatic hydroxyl groups is 1. The Morgan fingerprint density at radius 1 is 1.25 bits per heavy atom. The Hall–Kier alpha value is -2.53. The van der Waals surface area contributed by atoms with Gasteiger partial charge in [0.2, 0.25) is 0 Å². The van der Waals surface area contributed by atoms with Gasteiger partial charge in [-0.15, -0.1) is 0 Å². The van der Waals surface area contributed by atoms with Crippen LogP contribution < -0.4 is 0 Å². The second kappa shape index (κ2) is 8.11. The first kappa shape index (κ1) is 21.3. The molecule has 1 aromatic carbocycles. The molecule has 0 bridgehead atoms. The summed E-state index contributed by atoms with van der Waals surface area (Å²) in [7, 11) is -3.51. The van der Waals surface area contributed by atoms with Crippen molar-refractivity contribution in [1.82, 2.24) is 29.2 Å². The first-order chi connectivity index (χ1) is 15.3. The van der Waals surface area contributed by atoms with Gasteiger partial charge in [0.15, 0.2) is 14.9 Å². The highest BCUT2D eigenvalue weighted by molar-refractivity contribution is 7.90. The summed E-state index contributed by atoms with van der Waals surface area (Å²) in [5.41, 5.74) is 2.39. The summed E-state index contributed by atoms with van der Waals surface area (Å²) < 4.78 is 28.5. The van der Waals surface area contributed by atoms with Crippen molar-refractivity contribution >= 4 is 43.4 Å². The molecule has 0 amide bonds. The second-order valence-electron chi connectivity index (χ2n) is 8.13. The maximum Gasteiger partial charge on any atom is 0.195 e. The summed E-state index contributed by atoms with van der Waals surface area (Å²) in [6.45, 7) is 2.75. The Morgan fingerprint density at radius 2 is 2.09 bits per heavy atom. The Bertz CT molecular complexity index is 1410. The van der Waals surface area contributed by atoms with Gasteiger partial charge in [-0.2, -0.15) is 5.10 Å². The number of aromatic nitrogens is 5. The van der Waals surface area contributed by atoms with Crippen molar-refractivity contribution in [3.8, 4) is 0 Å². The number of sulfone groups is 1. The maximum atomic E-state index is 12.3. The lowest BCUT2D eigenvalue weighted by Crippen LogP contribution is -2.25. The number of imidazole rings is 1. The van der Waals surface area contributed by atoms with E-state index in [1.807, 2.05) is 18.2 Å². The molecule has 1 N–H and O–H groups in total. The van der Waals surface area contributed by atoms with E-state index in [0.29, 0.717) is 29.0 Å². The molecule has 9 nitrogen and oxygen atoms in total. The van der Waals surface area contributed by atoms with Crippen molar-refractivity contribution < 1.29 is 13.5 Å². The maximum absolute atomic E-state index is 12.3. The lowest BCUT2D eigenvalue weighted by molar-refractivity contribution is 0.217. The normalized spacial score (nSPS) is 17.7. The quantitative estimate of drug-likeness (QED) is 0.456. The molecule has 1 saturated heterocycles. The predicted molar refractivity (Wildman–Crippen MR) is 122 cm³/mol. The first-order valence-corrected chi connectivity index (χ1v) is 12.6. The molecule has 168 valence electrons. The lowest BCUT2D eigenvalue weighted by atomic mass is 10.2. The van der Waals surface area contributed by atoms with Crippen molar-refractivity contribution in [3.63, 3.8) is 0 Å². The van der Waals surface area contributed by atoms with Crippen LogP contribution in [-0.4, -0.2) is 75.2 Å². The second-order valence-corrected chi connectivity index (χ2v) is 10.5. The van der Waals surface area contributed by atoms with Crippen molar-refractivity contribution in [3.05, 3.63) is 47.5 Å². The lowest BCUT2D eigenvalue weighted by Gasteiger charge is -2.18. The number of β-amino-alcohol motifs (C(OH)–C–C–N with tert-alkyl or cyclic N) is 1. The Kier molecular flexibility index (Phi) is 5.40. The zero-order valence-corrected chi connectivity index (χ0v) is 19.1. The third-order valence-corrected chi connectivity index (χ3v) is 7.16. The number of halogens is 1. The minimum absolute atomic E-state index is 0.0376. The number of hydrogen-bond acceptors (Lipinski definition) is 7. The summed E-state index contributed by atoms with van der Waals surface area (Å²) in [5, 5.41) is 14.9. The molecule has 11 heteroatoms. The van der Waals surface area contributed by atoms with Crippen LogP contribution in [0.3, 0.4) is 0 Å². The van der Waals surface area contributed by atoms with Crippen LogP contribution in [0, 0.1) is 0 Å².